The SMILES string of the molecule is Cc1nccc(CN2CC3CNCC3C2C)n1. The minimum atomic E-state index is 0.672. The van der Waals surface area contributed by atoms with Crippen LogP contribution in [-0.4, -0.2) is 40.5 Å². The van der Waals surface area contributed by atoms with Gasteiger partial charge in [-0.3, -0.25) is 4.90 Å². The number of hydrogen-bond donors (Lipinski definition) is 1. The van der Waals surface area contributed by atoms with E-state index in [-0.39, 0.29) is 0 Å². The maximum absolute atomic E-state index is 4.50. The van der Waals surface area contributed by atoms with Crippen molar-refractivity contribution in [2.75, 3.05) is 19.6 Å². The molecule has 3 unspecified atom stereocenters. The molecule has 0 bridgehead atoms. The summed E-state index contributed by atoms with van der Waals surface area (Å²) in [4.78, 5) is 11.2. The largest absolute Gasteiger partial charge is 0.316 e. The van der Waals surface area contributed by atoms with E-state index in [1.54, 1.807) is 0 Å². The summed E-state index contributed by atoms with van der Waals surface area (Å²) in [5.74, 6) is 2.54. The van der Waals surface area contributed by atoms with E-state index in [1.807, 2.05) is 19.2 Å². The molecule has 0 saturated carbocycles. The Morgan fingerprint density at radius 3 is 3.12 bits per heavy atom. The third-order valence-electron chi connectivity index (χ3n) is 4.26. The molecule has 3 heterocycles. The van der Waals surface area contributed by atoms with Crippen molar-refractivity contribution in [3.8, 4) is 0 Å². The highest BCUT2D eigenvalue weighted by Crippen LogP contribution is 2.32. The number of fused-ring (bicyclic) bond motifs is 1. The minimum absolute atomic E-state index is 0.672. The summed E-state index contributed by atoms with van der Waals surface area (Å²) in [6, 6.07) is 2.71. The van der Waals surface area contributed by atoms with Crippen molar-refractivity contribution >= 4 is 0 Å². The average Bonchev–Trinajstić information content (AvgIpc) is 2.84. The minimum Gasteiger partial charge on any atom is -0.316 e. The molecule has 92 valence electrons. The van der Waals surface area contributed by atoms with Gasteiger partial charge in [-0.2, -0.15) is 0 Å². The van der Waals surface area contributed by atoms with Crippen LogP contribution in [0.3, 0.4) is 0 Å². The Hall–Kier alpha value is -1.00. The summed E-state index contributed by atoms with van der Waals surface area (Å²) in [6.07, 6.45) is 1.86. The standard InChI is InChI=1S/C13H20N4/c1-9-13-6-14-5-11(13)7-17(9)8-12-3-4-15-10(2)16-12/h3-4,9,11,13-14H,5-8H2,1-2H3. The fourth-order valence-electron chi connectivity index (χ4n) is 3.27. The van der Waals surface area contributed by atoms with Gasteiger partial charge in [0.15, 0.2) is 0 Å². The second-order valence-corrected chi connectivity index (χ2v) is 5.35. The van der Waals surface area contributed by atoms with Crippen LogP contribution in [0.15, 0.2) is 12.3 Å². The van der Waals surface area contributed by atoms with Gasteiger partial charge in [-0.15, -0.1) is 0 Å². The van der Waals surface area contributed by atoms with Crippen LogP contribution in [0.4, 0.5) is 0 Å². The van der Waals surface area contributed by atoms with Gasteiger partial charge in [0.25, 0.3) is 0 Å². The molecule has 1 aromatic rings. The van der Waals surface area contributed by atoms with Crippen molar-refractivity contribution in [3.05, 3.63) is 23.8 Å². The van der Waals surface area contributed by atoms with E-state index in [4.69, 9.17) is 0 Å². The van der Waals surface area contributed by atoms with Crippen LogP contribution in [-0.2, 0) is 6.54 Å². The third kappa shape index (κ3) is 2.07. The smallest absolute Gasteiger partial charge is 0.125 e. The van der Waals surface area contributed by atoms with Crippen molar-refractivity contribution < 1.29 is 0 Å². The summed E-state index contributed by atoms with van der Waals surface area (Å²) < 4.78 is 0. The molecule has 17 heavy (non-hydrogen) atoms. The van der Waals surface area contributed by atoms with E-state index >= 15 is 0 Å². The number of hydrogen-bond acceptors (Lipinski definition) is 4. The van der Waals surface area contributed by atoms with Crippen LogP contribution in [0, 0.1) is 18.8 Å². The van der Waals surface area contributed by atoms with E-state index < -0.39 is 0 Å². The van der Waals surface area contributed by atoms with E-state index in [2.05, 4.69) is 27.1 Å². The molecule has 2 aliphatic rings. The maximum Gasteiger partial charge on any atom is 0.125 e. The van der Waals surface area contributed by atoms with E-state index in [0.717, 1.165) is 29.9 Å². The zero-order valence-corrected chi connectivity index (χ0v) is 10.6. The Kier molecular flexibility index (Phi) is 2.84. The van der Waals surface area contributed by atoms with E-state index in [0.29, 0.717) is 6.04 Å². The van der Waals surface area contributed by atoms with Gasteiger partial charge in [-0.05, 0) is 44.8 Å². The molecule has 0 radical (unpaired) electrons. The lowest BCUT2D eigenvalue weighted by molar-refractivity contribution is 0.228. The number of nitrogens with one attached hydrogen (secondary N) is 1. The third-order valence-corrected chi connectivity index (χ3v) is 4.26. The Bertz CT molecular complexity index is 406. The highest BCUT2D eigenvalue weighted by molar-refractivity contribution is 5.04. The Labute approximate surface area is 102 Å². The highest BCUT2D eigenvalue weighted by atomic mass is 15.2. The molecule has 1 N–H and O–H groups in total. The van der Waals surface area contributed by atoms with Crippen molar-refractivity contribution in [2.24, 2.45) is 11.8 Å². The molecular formula is C13H20N4. The quantitative estimate of drug-likeness (QED) is 0.820. The van der Waals surface area contributed by atoms with Crippen LogP contribution in [0.2, 0.25) is 0 Å². The van der Waals surface area contributed by atoms with Gasteiger partial charge in [-0.25, -0.2) is 9.97 Å². The summed E-state index contributed by atoms with van der Waals surface area (Å²) >= 11 is 0. The predicted molar refractivity (Wildman–Crippen MR) is 66.5 cm³/mol. The number of aryl methyl sites for hydroxylation is 1. The lowest BCUT2D eigenvalue weighted by Crippen LogP contribution is -2.33. The van der Waals surface area contributed by atoms with Crippen molar-refractivity contribution in [3.63, 3.8) is 0 Å². The zero-order valence-electron chi connectivity index (χ0n) is 10.6. The van der Waals surface area contributed by atoms with Gasteiger partial charge in [0.1, 0.15) is 5.82 Å². The first kappa shape index (κ1) is 11.1. The number of rotatable bonds is 2. The first-order valence-corrected chi connectivity index (χ1v) is 6.47. The molecule has 0 spiro atoms. The number of nitrogens with zero attached hydrogens (tertiary/aromatic N) is 3. The first-order valence-electron chi connectivity index (χ1n) is 6.47. The van der Waals surface area contributed by atoms with Crippen LogP contribution in [0.5, 0.6) is 0 Å². The summed E-state index contributed by atoms with van der Waals surface area (Å²) in [5, 5.41) is 3.50. The van der Waals surface area contributed by atoms with Crippen LogP contribution in [0.1, 0.15) is 18.4 Å². The molecule has 4 nitrogen and oxygen atoms in total. The van der Waals surface area contributed by atoms with Gasteiger partial charge in [0.2, 0.25) is 0 Å². The highest BCUT2D eigenvalue weighted by Gasteiger charge is 2.41. The Balaban J connectivity index is 1.70. The zero-order chi connectivity index (χ0) is 11.8. The molecule has 0 aromatic carbocycles. The second kappa shape index (κ2) is 4.35. The second-order valence-electron chi connectivity index (χ2n) is 5.35. The Morgan fingerprint density at radius 1 is 1.47 bits per heavy atom. The van der Waals surface area contributed by atoms with Gasteiger partial charge in [-0.1, -0.05) is 0 Å². The van der Waals surface area contributed by atoms with Gasteiger partial charge in [0, 0.05) is 25.3 Å². The molecule has 0 aliphatic carbocycles. The summed E-state index contributed by atoms with van der Waals surface area (Å²) in [7, 11) is 0. The average molecular weight is 232 g/mol. The van der Waals surface area contributed by atoms with Crippen LogP contribution in [0.25, 0.3) is 0 Å². The molecule has 1 aromatic heterocycles. The maximum atomic E-state index is 4.50. The molecular weight excluding hydrogens is 212 g/mol. The van der Waals surface area contributed by atoms with Crippen molar-refractivity contribution in [2.45, 2.75) is 26.4 Å². The van der Waals surface area contributed by atoms with Gasteiger partial charge in [0.05, 0.1) is 5.69 Å². The lowest BCUT2D eigenvalue weighted by atomic mass is 9.95. The predicted octanol–water partition coefficient (Wildman–Crippen LogP) is 0.825. The normalized spacial score (nSPS) is 32.9. The molecule has 0 amide bonds. The number of likely N-dealkylation sites (tertiary alicyclic amines) is 1. The fourth-order valence-corrected chi connectivity index (χ4v) is 3.27. The van der Waals surface area contributed by atoms with Crippen LogP contribution >= 0.6 is 0 Å². The van der Waals surface area contributed by atoms with E-state index in [1.165, 1.54) is 19.6 Å². The Morgan fingerprint density at radius 2 is 2.35 bits per heavy atom. The summed E-state index contributed by atoms with van der Waals surface area (Å²) in [6.45, 7) is 8.86. The van der Waals surface area contributed by atoms with Crippen molar-refractivity contribution in [1.82, 2.24) is 20.2 Å². The molecule has 4 heteroatoms. The van der Waals surface area contributed by atoms with Gasteiger partial charge >= 0.3 is 0 Å². The van der Waals surface area contributed by atoms with Crippen LogP contribution < -0.4 is 5.32 Å². The lowest BCUT2D eigenvalue weighted by Gasteiger charge is -2.23. The molecule has 3 atom stereocenters. The topological polar surface area (TPSA) is 41.1 Å². The van der Waals surface area contributed by atoms with Crippen molar-refractivity contribution in [1.29, 1.82) is 0 Å². The van der Waals surface area contributed by atoms with E-state index in [9.17, 15) is 0 Å². The van der Waals surface area contributed by atoms with Gasteiger partial charge < -0.3 is 5.32 Å². The first-order chi connectivity index (χ1) is 8.24. The number of aromatic nitrogens is 2. The summed E-state index contributed by atoms with van der Waals surface area (Å²) in [5.41, 5.74) is 1.15. The molecule has 3 rings (SSSR count). The fraction of sp³-hybridized carbons (Fsp3) is 0.692. The molecule has 2 fully saturated rings. The molecule has 2 aliphatic heterocycles. The monoisotopic (exact) mass is 232 g/mol. The molecule has 2 saturated heterocycles.